The molecule has 0 aliphatic rings. The van der Waals surface area contributed by atoms with Crippen molar-refractivity contribution in [3.63, 3.8) is 0 Å². The molecule has 1 aromatic carbocycles. The van der Waals surface area contributed by atoms with Crippen LogP contribution in [0.4, 0.5) is 4.79 Å². The molecule has 1 rings (SSSR count). The maximum absolute atomic E-state index is 11.1. The average Bonchev–Trinajstić information content (AvgIpc) is 2.28. The van der Waals surface area contributed by atoms with Crippen LogP contribution in [0.25, 0.3) is 0 Å². The molecular formula is C10H11N3O3. The minimum Gasteiger partial charge on any atom is -0.465 e. The molecule has 6 nitrogen and oxygen atoms in total. The first-order valence-corrected chi connectivity index (χ1v) is 4.40. The molecule has 0 saturated carbocycles. The number of amides is 2. The number of esters is 1. The zero-order chi connectivity index (χ0) is 12.0. The van der Waals surface area contributed by atoms with Crippen molar-refractivity contribution >= 4 is 18.2 Å². The fraction of sp³-hybridized carbons (Fsp3) is 0.100. The summed E-state index contributed by atoms with van der Waals surface area (Å²) < 4.78 is 4.54. The lowest BCUT2D eigenvalue weighted by Crippen LogP contribution is -2.24. The molecule has 0 spiro atoms. The number of hydrogen-bond acceptors (Lipinski definition) is 4. The van der Waals surface area contributed by atoms with Crippen molar-refractivity contribution in [2.45, 2.75) is 0 Å². The fourth-order valence-corrected chi connectivity index (χ4v) is 0.994. The van der Waals surface area contributed by atoms with Gasteiger partial charge in [0.15, 0.2) is 0 Å². The maximum atomic E-state index is 11.1. The van der Waals surface area contributed by atoms with Crippen LogP contribution in [0.2, 0.25) is 0 Å². The molecule has 0 aromatic heterocycles. The van der Waals surface area contributed by atoms with Crippen LogP contribution in [0.1, 0.15) is 15.9 Å². The zero-order valence-corrected chi connectivity index (χ0v) is 8.64. The monoisotopic (exact) mass is 221 g/mol. The highest BCUT2D eigenvalue weighted by molar-refractivity contribution is 5.90. The first-order chi connectivity index (χ1) is 7.63. The first-order valence-electron chi connectivity index (χ1n) is 4.40. The second kappa shape index (κ2) is 5.50. The Labute approximate surface area is 92.1 Å². The third kappa shape index (κ3) is 3.41. The van der Waals surface area contributed by atoms with E-state index >= 15 is 0 Å². The van der Waals surface area contributed by atoms with Crippen LogP contribution in [0.3, 0.4) is 0 Å². The number of benzene rings is 1. The van der Waals surface area contributed by atoms with Gasteiger partial charge in [0.05, 0.1) is 18.9 Å². The fourth-order valence-electron chi connectivity index (χ4n) is 0.994. The molecule has 6 heteroatoms. The van der Waals surface area contributed by atoms with Crippen molar-refractivity contribution in [3.05, 3.63) is 35.4 Å². The van der Waals surface area contributed by atoms with Crippen LogP contribution in [0.15, 0.2) is 29.4 Å². The number of nitrogens with zero attached hydrogens (tertiary/aromatic N) is 1. The van der Waals surface area contributed by atoms with Gasteiger partial charge in [-0.3, -0.25) is 0 Å². The van der Waals surface area contributed by atoms with E-state index in [0.717, 1.165) is 5.56 Å². The summed E-state index contributed by atoms with van der Waals surface area (Å²) in [7, 11) is 1.31. The molecule has 2 amide bonds. The van der Waals surface area contributed by atoms with Crippen LogP contribution in [0, 0.1) is 0 Å². The third-order valence-corrected chi connectivity index (χ3v) is 1.72. The molecule has 1 aromatic rings. The van der Waals surface area contributed by atoms with Gasteiger partial charge in [0.2, 0.25) is 0 Å². The third-order valence-electron chi connectivity index (χ3n) is 1.72. The Hall–Kier alpha value is -2.37. The summed E-state index contributed by atoms with van der Waals surface area (Å²) in [5.74, 6) is -0.404. The second-order valence-corrected chi connectivity index (χ2v) is 2.85. The minimum absolute atomic E-state index is 0.404. The lowest BCUT2D eigenvalue weighted by atomic mass is 10.1. The molecule has 0 fully saturated rings. The van der Waals surface area contributed by atoms with Gasteiger partial charge in [0, 0.05) is 0 Å². The highest BCUT2D eigenvalue weighted by Gasteiger charge is 2.03. The maximum Gasteiger partial charge on any atom is 0.337 e. The van der Waals surface area contributed by atoms with Gasteiger partial charge in [-0.2, -0.15) is 5.10 Å². The van der Waals surface area contributed by atoms with Crippen molar-refractivity contribution < 1.29 is 14.3 Å². The van der Waals surface area contributed by atoms with E-state index in [0.29, 0.717) is 5.56 Å². The van der Waals surface area contributed by atoms with Crippen LogP contribution in [0.5, 0.6) is 0 Å². The van der Waals surface area contributed by atoms with Gasteiger partial charge in [-0.05, 0) is 17.7 Å². The van der Waals surface area contributed by atoms with E-state index in [-0.39, 0.29) is 0 Å². The van der Waals surface area contributed by atoms with Gasteiger partial charge < -0.3 is 10.5 Å². The quantitative estimate of drug-likeness (QED) is 0.441. The highest BCUT2D eigenvalue weighted by Crippen LogP contribution is 2.03. The predicted molar refractivity (Wildman–Crippen MR) is 58.1 cm³/mol. The molecule has 0 atom stereocenters. The van der Waals surface area contributed by atoms with E-state index in [1.807, 2.05) is 0 Å². The van der Waals surface area contributed by atoms with E-state index in [4.69, 9.17) is 5.73 Å². The summed E-state index contributed by atoms with van der Waals surface area (Å²) in [6.45, 7) is 0. The Morgan fingerprint density at radius 2 is 2.00 bits per heavy atom. The van der Waals surface area contributed by atoms with E-state index in [1.165, 1.54) is 13.3 Å². The summed E-state index contributed by atoms with van der Waals surface area (Å²) >= 11 is 0. The topological polar surface area (TPSA) is 93.8 Å². The van der Waals surface area contributed by atoms with Crippen molar-refractivity contribution in [1.82, 2.24) is 5.43 Å². The number of ether oxygens (including phenoxy) is 1. The summed E-state index contributed by atoms with van der Waals surface area (Å²) in [6.07, 6.45) is 1.41. The first kappa shape index (κ1) is 11.7. The number of nitrogens with one attached hydrogen (secondary N) is 1. The van der Waals surface area contributed by atoms with E-state index in [1.54, 1.807) is 24.3 Å². The van der Waals surface area contributed by atoms with Crippen molar-refractivity contribution in [2.75, 3.05) is 7.11 Å². The van der Waals surface area contributed by atoms with Crippen LogP contribution >= 0.6 is 0 Å². The normalized spacial score (nSPS) is 10.1. The lowest BCUT2D eigenvalue weighted by molar-refractivity contribution is 0.0600. The largest absolute Gasteiger partial charge is 0.465 e. The Morgan fingerprint density at radius 3 is 2.50 bits per heavy atom. The SMILES string of the molecule is COC(=O)c1ccc(/C=N/NC(N)=O)cc1. The second-order valence-electron chi connectivity index (χ2n) is 2.85. The van der Waals surface area contributed by atoms with Gasteiger partial charge in [-0.1, -0.05) is 12.1 Å². The highest BCUT2D eigenvalue weighted by atomic mass is 16.5. The Bertz CT molecular complexity index is 412. The van der Waals surface area contributed by atoms with Crippen molar-refractivity contribution in [1.29, 1.82) is 0 Å². The smallest absolute Gasteiger partial charge is 0.337 e. The summed E-state index contributed by atoms with van der Waals surface area (Å²) in [4.78, 5) is 21.4. The predicted octanol–water partition coefficient (Wildman–Crippen LogP) is 0.475. The zero-order valence-electron chi connectivity index (χ0n) is 8.64. The molecule has 16 heavy (non-hydrogen) atoms. The van der Waals surface area contributed by atoms with Gasteiger partial charge in [0.25, 0.3) is 0 Å². The lowest BCUT2D eigenvalue weighted by Gasteiger charge is -1.98. The molecule has 0 heterocycles. The van der Waals surface area contributed by atoms with Crippen LogP contribution < -0.4 is 11.2 Å². The van der Waals surface area contributed by atoms with Crippen molar-refractivity contribution in [2.24, 2.45) is 10.8 Å². The molecule has 0 unspecified atom stereocenters. The van der Waals surface area contributed by atoms with E-state index < -0.39 is 12.0 Å². The number of nitrogens with two attached hydrogens (primary N) is 1. The van der Waals surface area contributed by atoms with Gasteiger partial charge in [-0.25, -0.2) is 15.0 Å². The van der Waals surface area contributed by atoms with Gasteiger partial charge in [0.1, 0.15) is 0 Å². The van der Waals surface area contributed by atoms with Crippen LogP contribution in [-0.4, -0.2) is 25.3 Å². The number of carbonyl (C=O) groups is 2. The summed E-state index contributed by atoms with van der Waals surface area (Å²) in [5, 5.41) is 3.57. The standard InChI is InChI=1S/C10H11N3O3/c1-16-9(14)8-4-2-7(3-5-8)6-12-13-10(11)15/h2-6H,1H3,(H3,11,13,15)/b12-6+. The Kier molecular flexibility index (Phi) is 4.02. The van der Waals surface area contributed by atoms with Gasteiger partial charge >= 0.3 is 12.0 Å². The van der Waals surface area contributed by atoms with Crippen LogP contribution in [-0.2, 0) is 4.74 Å². The number of primary amides is 1. The van der Waals surface area contributed by atoms with E-state index in [2.05, 4.69) is 15.3 Å². The molecular weight excluding hydrogens is 210 g/mol. The summed E-state index contributed by atoms with van der Waals surface area (Å²) in [5.41, 5.74) is 8.04. The Balaban J connectivity index is 2.68. The minimum atomic E-state index is -0.734. The number of carbonyl (C=O) groups excluding carboxylic acids is 2. The van der Waals surface area contributed by atoms with Gasteiger partial charge in [-0.15, -0.1) is 0 Å². The number of urea groups is 1. The molecule has 0 aliphatic heterocycles. The molecule has 0 saturated heterocycles. The number of hydrazone groups is 1. The molecule has 84 valence electrons. The summed E-state index contributed by atoms with van der Waals surface area (Å²) in [6, 6.07) is 5.79. The average molecular weight is 221 g/mol. The molecule has 0 radical (unpaired) electrons. The Morgan fingerprint density at radius 1 is 1.38 bits per heavy atom. The number of hydrogen-bond donors (Lipinski definition) is 2. The number of methoxy groups -OCH3 is 1. The van der Waals surface area contributed by atoms with Crippen molar-refractivity contribution in [3.8, 4) is 0 Å². The van der Waals surface area contributed by atoms with E-state index in [9.17, 15) is 9.59 Å². The molecule has 0 aliphatic carbocycles. The molecule has 3 N–H and O–H groups in total. The molecule has 0 bridgehead atoms. The number of rotatable bonds is 3.